The lowest BCUT2D eigenvalue weighted by molar-refractivity contribution is -0.160. The Labute approximate surface area is 255 Å². The highest BCUT2D eigenvalue weighted by atomic mass is 32.2. The number of esters is 1. The molecule has 5 rings (SSSR count). The highest BCUT2D eigenvalue weighted by Gasteiger charge is 2.57. The number of anilines is 1. The molecule has 0 aliphatic carbocycles. The first kappa shape index (κ1) is 30.4. The molecule has 0 saturated carbocycles. The zero-order chi connectivity index (χ0) is 30.9. The summed E-state index contributed by atoms with van der Waals surface area (Å²) in [4.78, 5) is 61.3. The zero-order valence-corrected chi connectivity index (χ0v) is 25.4. The lowest BCUT2D eigenvalue weighted by Crippen LogP contribution is -2.74. The van der Waals surface area contributed by atoms with E-state index in [2.05, 4.69) is 36.1 Å². The van der Waals surface area contributed by atoms with Crippen molar-refractivity contribution in [3.05, 3.63) is 23.2 Å². The van der Waals surface area contributed by atoms with E-state index in [0.29, 0.717) is 10.7 Å². The van der Waals surface area contributed by atoms with Crippen molar-refractivity contribution in [2.24, 2.45) is 10.6 Å². The van der Waals surface area contributed by atoms with E-state index >= 15 is 0 Å². The number of amides is 2. The van der Waals surface area contributed by atoms with Gasteiger partial charge in [-0.2, -0.15) is 0 Å². The van der Waals surface area contributed by atoms with Gasteiger partial charge >= 0.3 is 11.9 Å². The van der Waals surface area contributed by atoms with Crippen LogP contribution in [0.5, 0.6) is 0 Å². The number of carbonyl (C=O) groups excluding carboxylic acids is 3. The third-order valence-corrected chi connectivity index (χ3v) is 9.64. The topological polar surface area (TPSA) is 229 Å². The molecule has 0 aromatic carbocycles. The fourth-order valence-electron chi connectivity index (χ4n) is 4.16. The standard InChI is InChI=1S/C23H26N10O7S3/c1-22(2,3)40-14(34)6-39-29-15(11-7-41-21(24)25-11)17(35)26-16-18(36)32-8-23(20(37)38,10-43-19(16)32)9-42-13-5-4-12-27-30-31-33(12)28-13/h4-5,7,16,19H,6,8-10H2,1-3H3,(H2,24,25)(H,26,35)(H,37,38)/t16?,19-,23?/m1/s1. The molecular weight excluding hydrogens is 625 g/mol. The molecule has 2 aliphatic heterocycles. The summed E-state index contributed by atoms with van der Waals surface area (Å²) in [5.41, 5.74) is 3.99. The van der Waals surface area contributed by atoms with E-state index < -0.39 is 52.8 Å². The van der Waals surface area contributed by atoms with Gasteiger partial charge in [0.1, 0.15) is 33.2 Å². The molecule has 5 heterocycles. The minimum absolute atomic E-state index is 0.0477. The summed E-state index contributed by atoms with van der Waals surface area (Å²) in [5.74, 6) is -2.63. The van der Waals surface area contributed by atoms with Crippen LogP contribution in [0.25, 0.3) is 5.65 Å². The molecular formula is C23H26N10O7S3. The molecule has 3 aromatic rings. The van der Waals surface area contributed by atoms with Crippen LogP contribution in [0.15, 0.2) is 27.7 Å². The first-order valence-corrected chi connectivity index (χ1v) is 15.5. The Hall–Kier alpha value is -4.04. The number of nitrogens with two attached hydrogens (primary N) is 1. The number of rotatable bonds is 10. The quantitative estimate of drug-likeness (QED) is 0.0854. The fraction of sp³-hybridized carbons (Fsp3) is 0.478. The summed E-state index contributed by atoms with van der Waals surface area (Å²) >= 11 is 3.54. The summed E-state index contributed by atoms with van der Waals surface area (Å²) < 4.78 is 6.41. The smallest absolute Gasteiger partial charge is 0.347 e. The Balaban J connectivity index is 1.23. The van der Waals surface area contributed by atoms with Crippen LogP contribution in [0.4, 0.5) is 5.13 Å². The number of nitrogens with zero attached hydrogens (tertiary/aromatic N) is 8. The highest BCUT2D eigenvalue weighted by molar-refractivity contribution is 8.00. The van der Waals surface area contributed by atoms with E-state index in [4.69, 9.17) is 15.3 Å². The molecule has 3 atom stereocenters. The number of β-lactam (4-membered cyclic amide) rings is 1. The fourth-order valence-corrected chi connectivity index (χ4v) is 7.42. The number of nitrogen functional groups attached to an aromatic ring is 1. The summed E-state index contributed by atoms with van der Waals surface area (Å²) in [6.45, 7) is 4.48. The first-order chi connectivity index (χ1) is 20.3. The normalized spacial score (nSPS) is 22.1. The van der Waals surface area contributed by atoms with Crippen LogP contribution < -0.4 is 11.1 Å². The Kier molecular flexibility index (Phi) is 8.43. The van der Waals surface area contributed by atoms with Gasteiger partial charge in [-0.15, -0.1) is 49.7 Å². The van der Waals surface area contributed by atoms with Gasteiger partial charge in [0.15, 0.2) is 16.5 Å². The van der Waals surface area contributed by atoms with Crippen LogP contribution in [0, 0.1) is 5.41 Å². The molecule has 2 unspecified atom stereocenters. The second-order valence-electron chi connectivity index (χ2n) is 10.6. The van der Waals surface area contributed by atoms with Crippen molar-refractivity contribution in [2.45, 2.75) is 42.8 Å². The number of hydrogen-bond acceptors (Lipinski definition) is 16. The van der Waals surface area contributed by atoms with Gasteiger partial charge in [-0.05, 0) is 43.3 Å². The van der Waals surface area contributed by atoms with Gasteiger partial charge in [-0.3, -0.25) is 14.4 Å². The molecule has 20 heteroatoms. The number of nitrogens with one attached hydrogen (secondary N) is 1. The average molecular weight is 651 g/mol. The summed E-state index contributed by atoms with van der Waals surface area (Å²) in [6, 6.07) is 2.42. The van der Waals surface area contributed by atoms with Gasteiger partial charge in [0.25, 0.3) is 5.91 Å². The molecule has 2 amide bonds. The number of fused-ring (bicyclic) bond motifs is 2. The number of carboxylic acids is 1. The van der Waals surface area contributed by atoms with Gasteiger partial charge in [-0.25, -0.2) is 9.78 Å². The van der Waals surface area contributed by atoms with Crippen molar-refractivity contribution in [3.8, 4) is 0 Å². The number of thiazole rings is 1. The molecule has 0 bridgehead atoms. The summed E-state index contributed by atoms with van der Waals surface area (Å²) in [5, 5.41) is 33.6. The van der Waals surface area contributed by atoms with Crippen molar-refractivity contribution < 1.29 is 33.9 Å². The zero-order valence-electron chi connectivity index (χ0n) is 23.0. The SMILES string of the molecule is CC(C)(C)OC(=O)CON=C(C(=O)NC1C(=O)N2CC(CSc3ccc4nnnn4n3)(C(=O)O)CS[C@H]12)c1csc(N)n1. The number of aliphatic carboxylic acids is 1. The Bertz CT molecular complexity index is 1610. The van der Waals surface area contributed by atoms with E-state index in [1.165, 1.54) is 38.4 Å². The third-order valence-electron chi connectivity index (χ3n) is 6.16. The van der Waals surface area contributed by atoms with Crippen LogP contribution in [-0.4, -0.2) is 111 Å². The van der Waals surface area contributed by atoms with Gasteiger partial charge in [0.05, 0.1) is 0 Å². The Morgan fingerprint density at radius 2 is 2.12 bits per heavy atom. The van der Waals surface area contributed by atoms with Crippen molar-refractivity contribution in [1.82, 2.24) is 40.5 Å². The van der Waals surface area contributed by atoms with E-state index in [-0.39, 0.29) is 34.6 Å². The predicted octanol–water partition coefficient (Wildman–Crippen LogP) is -0.116. The second kappa shape index (κ2) is 11.9. The van der Waals surface area contributed by atoms with E-state index in [1.807, 2.05) is 0 Å². The van der Waals surface area contributed by atoms with Crippen LogP contribution in [0.2, 0.25) is 0 Å². The van der Waals surface area contributed by atoms with Gasteiger partial charge < -0.3 is 30.6 Å². The lowest BCUT2D eigenvalue weighted by Gasteiger charge is -2.53. The maximum Gasteiger partial charge on any atom is 0.347 e. The van der Waals surface area contributed by atoms with Crippen LogP contribution in [0.3, 0.4) is 0 Å². The van der Waals surface area contributed by atoms with E-state index in [0.717, 1.165) is 11.3 Å². The van der Waals surface area contributed by atoms with Crippen LogP contribution >= 0.6 is 34.9 Å². The summed E-state index contributed by atoms with van der Waals surface area (Å²) in [6.07, 6.45) is 0. The number of aromatic nitrogens is 6. The number of hydrogen-bond donors (Lipinski definition) is 3. The van der Waals surface area contributed by atoms with Crippen molar-refractivity contribution in [1.29, 1.82) is 0 Å². The van der Waals surface area contributed by atoms with Crippen LogP contribution in [-0.2, 0) is 28.8 Å². The Morgan fingerprint density at radius 3 is 2.81 bits per heavy atom. The maximum absolute atomic E-state index is 13.2. The van der Waals surface area contributed by atoms with Gasteiger partial charge in [0, 0.05) is 23.4 Å². The van der Waals surface area contributed by atoms with Crippen LogP contribution in [0.1, 0.15) is 26.5 Å². The molecule has 17 nitrogen and oxygen atoms in total. The first-order valence-electron chi connectivity index (χ1n) is 12.6. The lowest BCUT2D eigenvalue weighted by atomic mass is 9.89. The maximum atomic E-state index is 13.2. The largest absolute Gasteiger partial charge is 0.481 e. The van der Waals surface area contributed by atoms with Crippen molar-refractivity contribution in [2.75, 3.05) is 30.4 Å². The molecule has 43 heavy (non-hydrogen) atoms. The predicted molar refractivity (Wildman–Crippen MR) is 154 cm³/mol. The third kappa shape index (κ3) is 6.64. The molecule has 2 fully saturated rings. The summed E-state index contributed by atoms with van der Waals surface area (Å²) in [7, 11) is 0. The minimum atomic E-state index is -1.26. The Morgan fingerprint density at radius 1 is 1.33 bits per heavy atom. The monoisotopic (exact) mass is 650 g/mol. The molecule has 2 aliphatic rings. The molecule has 3 aromatic heterocycles. The number of ether oxygens (including phenoxy) is 1. The van der Waals surface area contributed by atoms with Crippen molar-refractivity contribution in [3.63, 3.8) is 0 Å². The number of tetrazole rings is 1. The van der Waals surface area contributed by atoms with Gasteiger partial charge in [0.2, 0.25) is 12.5 Å². The minimum Gasteiger partial charge on any atom is -0.481 e. The highest BCUT2D eigenvalue weighted by Crippen LogP contribution is 2.44. The molecule has 2 saturated heterocycles. The van der Waals surface area contributed by atoms with E-state index in [1.54, 1.807) is 32.9 Å². The van der Waals surface area contributed by atoms with E-state index in [9.17, 15) is 24.3 Å². The number of oxime groups is 1. The molecule has 0 radical (unpaired) electrons. The molecule has 0 spiro atoms. The van der Waals surface area contributed by atoms with Gasteiger partial charge in [-0.1, -0.05) is 5.16 Å². The average Bonchev–Trinajstić information content (AvgIpc) is 3.60. The second-order valence-corrected chi connectivity index (χ2v) is 13.6. The molecule has 228 valence electrons. The van der Waals surface area contributed by atoms with Crippen molar-refractivity contribution >= 4 is 75.1 Å². The molecule has 4 N–H and O–H groups in total. The number of thioether (sulfide) groups is 2. The number of carbonyl (C=O) groups is 4. The number of carboxylic acid groups (broad SMARTS) is 1.